The maximum absolute atomic E-state index is 11.8. The monoisotopic (exact) mass is 239 g/mol. The fraction of sp³-hybridized carbons (Fsp3) is 0.538. The average molecular weight is 239 g/mol. The molecule has 96 valence electrons. The van der Waals surface area contributed by atoms with Crippen LogP contribution >= 0.6 is 0 Å². The smallest absolute Gasteiger partial charge is 0.325 e. The predicted molar refractivity (Wildman–Crippen MR) is 67.4 cm³/mol. The van der Waals surface area contributed by atoms with E-state index < -0.39 is 0 Å². The summed E-state index contributed by atoms with van der Waals surface area (Å²) in [5.41, 5.74) is 0. The molecule has 4 heteroatoms. The number of carbonyl (C=O) groups is 2. The fourth-order valence-electron chi connectivity index (χ4n) is 1.21. The van der Waals surface area contributed by atoms with Crippen molar-refractivity contribution in [2.24, 2.45) is 0 Å². The van der Waals surface area contributed by atoms with Crippen LogP contribution in [0.1, 0.15) is 27.7 Å². The number of rotatable bonds is 6. The molecule has 0 unspecified atom stereocenters. The first-order valence-corrected chi connectivity index (χ1v) is 5.78. The largest absolute Gasteiger partial charge is 0.465 e. The minimum Gasteiger partial charge on any atom is -0.465 e. The van der Waals surface area contributed by atoms with E-state index in [4.69, 9.17) is 4.74 Å². The molecule has 0 aromatic carbocycles. The second kappa shape index (κ2) is 8.56. The van der Waals surface area contributed by atoms with Crippen LogP contribution in [0.2, 0.25) is 0 Å². The lowest BCUT2D eigenvalue weighted by molar-refractivity contribution is -0.148. The molecule has 0 aliphatic heterocycles. The van der Waals surface area contributed by atoms with Crippen LogP contribution in [0, 0.1) is 0 Å². The third-order valence-corrected chi connectivity index (χ3v) is 2.05. The van der Waals surface area contributed by atoms with Gasteiger partial charge in [0.15, 0.2) is 0 Å². The van der Waals surface area contributed by atoms with E-state index in [0.717, 1.165) is 0 Å². The Bertz CT molecular complexity index is 306. The Morgan fingerprint density at radius 3 is 2.41 bits per heavy atom. The maximum atomic E-state index is 11.8. The normalized spacial score (nSPS) is 11.4. The van der Waals surface area contributed by atoms with Gasteiger partial charge in [-0.15, -0.1) is 0 Å². The second-order valence-corrected chi connectivity index (χ2v) is 3.75. The van der Waals surface area contributed by atoms with Gasteiger partial charge in [0.25, 0.3) is 0 Å². The van der Waals surface area contributed by atoms with Gasteiger partial charge in [-0.2, -0.15) is 0 Å². The molecular formula is C13H21NO3. The molecule has 0 saturated heterocycles. The van der Waals surface area contributed by atoms with E-state index in [1.165, 1.54) is 11.0 Å². The van der Waals surface area contributed by atoms with Crippen LogP contribution in [0.25, 0.3) is 0 Å². The molecule has 0 N–H and O–H groups in total. The Morgan fingerprint density at radius 2 is 1.94 bits per heavy atom. The Labute approximate surface area is 103 Å². The van der Waals surface area contributed by atoms with Crippen molar-refractivity contribution in [1.82, 2.24) is 4.90 Å². The molecule has 0 fully saturated rings. The van der Waals surface area contributed by atoms with E-state index >= 15 is 0 Å². The van der Waals surface area contributed by atoms with Crippen molar-refractivity contribution < 1.29 is 14.3 Å². The predicted octanol–water partition coefficient (Wildman–Crippen LogP) is 1.92. The summed E-state index contributed by atoms with van der Waals surface area (Å²) in [6.07, 6.45) is 6.69. The van der Waals surface area contributed by atoms with Gasteiger partial charge in [-0.1, -0.05) is 18.2 Å². The zero-order valence-corrected chi connectivity index (χ0v) is 11.0. The van der Waals surface area contributed by atoms with Gasteiger partial charge in [-0.05, 0) is 27.7 Å². The van der Waals surface area contributed by atoms with Crippen LogP contribution in [-0.2, 0) is 14.3 Å². The quantitative estimate of drug-likeness (QED) is 0.404. The lowest BCUT2D eigenvalue weighted by Crippen LogP contribution is -2.40. The lowest BCUT2D eigenvalue weighted by Gasteiger charge is -2.24. The maximum Gasteiger partial charge on any atom is 0.325 e. The van der Waals surface area contributed by atoms with Gasteiger partial charge in [-0.3, -0.25) is 9.59 Å². The molecule has 0 atom stereocenters. The third-order valence-electron chi connectivity index (χ3n) is 2.05. The summed E-state index contributed by atoms with van der Waals surface area (Å²) in [5, 5.41) is 0. The highest BCUT2D eigenvalue weighted by Gasteiger charge is 2.18. The SMILES string of the molecule is C/C=C/C=C/C(=O)N(CC(=O)OCC)C(C)C. The number of carbonyl (C=O) groups excluding carboxylic acids is 2. The van der Waals surface area contributed by atoms with E-state index in [1.54, 1.807) is 19.1 Å². The number of hydrogen-bond donors (Lipinski definition) is 0. The average Bonchev–Trinajstić information content (AvgIpc) is 2.26. The summed E-state index contributed by atoms with van der Waals surface area (Å²) in [4.78, 5) is 24.6. The molecule has 0 aromatic heterocycles. The van der Waals surface area contributed by atoms with Gasteiger partial charge in [0.05, 0.1) is 6.61 Å². The minimum atomic E-state index is -0.381. The third kappa shape index (κ3) is 6.56. The molecule has 0 radical (unpaired) electrons. The number of nitrogens with zero attached hydrogens (tertiary/aromatic N) is 1. The van der Waals surface area contributed by atoms with E-state index in [9.17, 15) is 9.59 Å². The molecule has 0 bridgehead atoms. The van der Waals surface area contributed by atoms with Crippen LogP contribution in [0.5, 0.6) is 0 Å². The van der Waals surface area contributed by atoms with E-state index in [0.29, 0.717) is 6.61 Å². The molecule has 4 nitrogen and oxygen atoms in total. The molecule has 0 aromatic rings. The Balaban J connectivity index is 4.52. The molecule has 0 aliphatic rings. The van der Waals surface area contributed by atoms with E-state index in [-0.39, 0.29) is 24.5 Å². The van der Waals surface area contributed by atoms with Gasteiger partial charge < -0.3 is 9.64 Å². The van der Waals surface area contributed by atoms with Crippen LogP contribution in [0.3, 0.4) is 0 Å². The van der Waals surface area contributed by atoms with Crippen molar-refractivity contribution in [2.45, 2.75) is 33.7 Å². The summed E-state index contributed by atoms with van der Waals surface area (Å²) in [6, 6.07) is -0.0397. The first kappa shape index (κ1) is 15.4. The molecule has 0 saturated carbocycles. The summed E-state index contributed by atoms with van der Waals surface area (Å²) < 4.78 is 4.83. The second-order valence-electron chi connectivity index (χ2n) is 3.75. The molecule has 0 spiro atoms. The highest BCUT2D eigenvalue weighted by atomic mass is 16.5. The highest BCUT2D eigenvalue weighted by molar-refractivity contribution is 5.90. The Hall–Kier alpha value is -1.58. The molecule has 1 amide bonds. The van der Waals surface area contributed by atoms with Crippen molar-refractivity contribution >= 4 is 11.9 Å². The first-order valence-electron chi connectivity index (χ1n) is 5.78. The fourth-order valence-corrected chi connectivity index (χ4v) is 1.21. The number of ether oxygens (including phenoxy) is 1. The van der Waals surface area contributed by atoms with Crippen LogP contribution in [-0.4, -0.2) is 36.0 Å². The Kier molecular flexibility index (Phi) is 7.76. The number of hydrogen-bond acceptors (Lipinski definition) is 3. The zero-order valence-electron chi connectivity index (χ0n) is 11.0. The number of amides is 1. The highest BCUT2D eigenvalue weighted by Crippen LogP contribution is 2.01. The van der Waals surface area contributed by atoms with Crippen molar-refractivity contribution in [3.05, 3.63) is 24.3 Å². The topological polar surface area (TPSA) is 46.6 Å². The van der Waals surface area contributed by atoms with Gasteiger partial charge in [0.2, 0.25) is 5.91 Å². The summed E-state index contributed by atoms with van der Waals surface area (Å²) in [7, 11) is 0. The molecular weight excluding hydrogens is 218 g/mol. The minimum absolute atomic E-state index is 0.00941. The van der Waals surface area contributed by atoms with Crippen LogP contribution < -0.4 is 0 Å². The van der Waals surface area contributed by atoms with Crippen molar-refractivity contribution in [3.63, 3.8) is 0 Å². The number of allylic oxidation sites excluding steroid dienone is 3. The van der Waals surface area contributed by atoms with Crippen LogP contribution in [0.15, 0.2) is 24.3 Å². The Morgan fingerprint density at radius 1 is 1.29 bits per heavy atom. The zero-order chi connectivity index (χ0) is 13.3. The molecule has 0 aliphatic carbocycles. The van der Waals surface area contributed by atoms with Crippen molar-refractivity contribution in [3.8, 4) is 0 Å². The van der Waals surface area contributed by atoms with E-state index in [1.807, 2.05) is 26.8 Å². The van der Waals surface area contributed by atoms with E-state index in [2.05, 4.69) is 0 Å². The summed E-state index contributed by atoms with van der Waals surface area (Å²) in [5.74, 6) is -0.569. The first-order chi connectivity index (χ1) is 8.02. The standard InChI is InChI=1S/C13H21NO3/c1-5-7-8-9-12(15)14(11(3)4)10-13(16)17-6-2/h5,7-9,11H,6,10H2,1-4H3/b7-5+,9-8+. The van der Waals surface area contributed by atoms with Gasteiger partial charge in [-0.25, -0.2) is 0 Å². The van der Waals surface area contributed by atoms with Crippen molar-refractivity contribution in [2.75, 3.05) is 13.2 Å². The molecule has 0 rings (SSSR count). The van der Waals surface area contributed by atoms with Gasteiger partial charge in [0, 0.05) is 12.1 Å². The lowest BCUT2D eigenvalue weighted by atomic mass is 10.3. The van der Waals surface area contributed by atoms with Gasteiger partial charge >= 0.3 is 5.97 Å². The van der Waals surface area contributed by atoms with Gasteiger partial charge in [0.1, 0.15) is 6.54 Å². The number of esters is 1. The molecule has 17 heavy (non-hydrogen) atoms. The van der Waals surface area contributed by atoms with Crippen molar-refractivity contribution in [1.29, 1.82) is 0 Å². The summed E-state index contributed by atoms with van der Waals surface area (Å²) in [6.45, 7) is 7.65. The van der Waals surface area contributed by atoms with Crippen LogP contribution in [0.4, 0.5) is 0 Å². The summed E-state index contributed by atoms with van der Waals surface area (Å²) >= 11 is 0. The molecule has 0 heterocycles.